The molecule has 0 saturated carbocycles. The van der Waals surface area contributed by atoms with E-state index in [0.717, 1.165) is 21.0 Å². The minimum atomic E-state index is 0.486. The van der Waals surface area contributed by atoms with Crippen molar-refractivity contribution < 1.29 is 0 Å². The first-order chi connectivity index (χ1) is 8.25. The number of fused-ring (bicyclic) bond motifs is 2. The summed E-state index contributed by atoms with van der Waals surface area (Å²) >= 11 is 14.0. The second-order valence-corrected chi connectivity index (χ2v) is 5.44. The molecule has 0 atom stereocenters. The van der Waals surface area contributed by atoms with Crippen LogP contribution in [-0.2, 0) is 0 Å². The van der Waals surface area contributed by atoms with Crippen molar-refractivity contribution in [3.8, 4) is 0 Å². The number of benzene rings is 2. The van der Waals surface area contributed by atoms with Crippen molar-refractivity contribution in [2.75, 3.05) is 0 Å². The van der Waals surface area contributed by atoms with E-state index < -0.39 is 0 Å². The van der Waals surface area contributed by atoms with E-state index in [0.29, 0.717) is 10.2 Å². The molecule has 0 aliphatic carbocycles. The van der Waals surface area contributed by atoms with Gasteiger partial charge in [0.25, 0.3) is 0 Å². The van der Waals surface area contributed by atoms with Gasteiger partial charge in [-0.25, -0.2) is 4.99 Å². The summed E-state index contributed by atoms with van der Waals surface area (Å²) in [5.41, 5.74) is 1.70. The molecular weight excluding hydrogens is 273 g/mol. The predicted octanol–water partition coefficient (Wildman–Crippen LogP) is 5.12. The average molecular weight is 280 g/mol. The van der Waals surface area contributed by atoms with Crippen molar-refractivity contribution >= 4 is 45.8 Å². The molecule has 1 aliphatic rings. The van der Waals surface area contributed by atoms with Gasteiger partial charge < -0.3 is 0 Å². The number of rotatable bonds is 0. The number of hydrogen-bond donors (Lipinski definition) is 0. The van der Waals surface area contributed by atoms with Crippen LogP contribution in [0.5, 0.6) is 0 Å². The summed E-state index contributed by atoms with van der Waals surface area (Å²) in [4.78, 5) is 6.54. The van der Waals surface area contributed by atoms with Crippen LogP contribution < -0.4 is 0 Å². The highest BCUT2D eigenvalue weighted by Crippen LogP contribution is 2.43. The highest BCUT2D eigenvalue weighted by atomic mass is 35.5. The number of nitrogens with zero attached hydrogens (tertiary/aromatic N) is 1. The summed E-state index contributed by atoms with van der Waals surface area (Å²) < 4.78 is 0. The van der Waals surface area contributed by atoms with Crippen molar-refractivity contribution in [3.05, 3.63) is 53.1 Å². The van der Waals surface area contributed by atoms with Gasteiger partial charge in [-0.2, -0.15) is 0 Å². The lowest BCUT2D eigenvalue weighted by atomic mass is 10.2. The van der Waals surface area contributed by atoms with Crippen molar-refractivity contribution in [1.29, 1.82) is 0 Å². The predicted molar refractivity (Wildman–Crippen MR) is 74.1 cm³/mol. The first kappa shape index (κ1) is 11.1. The highest BCUT2D eigenvalue weighted by Gasteiger charge is 2.17. The Morgan fingerprint density at radius 2 is 1.65 bits per heavy atom. The normalized spacial score (nSPS) is 13.4. The molecule has 1 nitrogen and oxygen atoms in total. The molecule has 2 aromatic rings. The number of para-hydroxylation sites is 1. The molecule has 0 amide bonds. The number of aliphatic imine (C=N–C) groups is 1. The van der Waals surface area contributed by atoms with Crippen molar-refractivity contribution in [1.82, 2.24) is 0 Å². The largest absolute Gasteiger partial charge is 0.233 e. The van der Waals surface area contributed by atoms with Gasteiger partial charge in [0, 0.05) is 15.4 Å². The molecule has 0 aromatic heterocycles. The standard InChI is InChI=1S/C13H7Cl2NS/c14-9-5-3-7-11-12(9)16-13(15)8-4-1-2-6-10(8)17-11/h1-7H. The summed E-state index contributed by atoms with van der Waals surface area (Å²) in [6.07, 6.45) is 0. The van der Waals surface area contributed by atoms with E-state index in [1.54, 1.807) is 11.8 Å². The third-order valence-corrected chi connectivity index (χ3v) is 4.21. The summed E-state index contributed by atoms with van der Waals surface area (Å²) in [7, 11) is 0. The zero-order valence-electron chi connectivity index (χ0n) is 8.65. The van der Waals surface area contributed by atoms with E-state index in [-0.39, 0.29) is 0 Å². The summed E-state index contributed by atoms with van der Waals surface area (Å²) in [5, 5.41) is 1.11. The van der Waals surface area contributed by atoms with Crippen molar-refractivity contribution in [2.24, 2.45) is 4.99 Å². The molecule has 17 heavy (non-hydrogen) atoms. The van der Waals surface area contributed by atoms with E-state index in [9.17, 15) is 0 Å². The van der Waals surface area contributed by atoms with Crippen LogP contribution in [0.1, 0.15) is 5.56 Å². The molecule has 0 fully saturated rings. The maximum absolute atomic E-state index is 6.23. The fourth-order valence-electron chi connectivity index (χ4n) is 1.69. The molecule has 2 aromatic carbocycles. The van der Waals surface area contributed by atoms with Crippen LogP contribution in [-0.4, -0.2) is 5.17 Å². The van der Waals surface area contributed by atoms with E-state index in [1.165, 1.54) is 0 Å². The van der Waals surface area contributed by atoms with Crippen LogP contribution in [0.4, 0.5) is 5.69 Å². The SMILES string of the molecule is ClC1=Nc2c(Cl)cccc2Sc2ccccc21. The van der Waals surface area contributed by atoms with Crippen LogP contribution in [0, 0.1) is 0 Å². The van der Waals surface area contributed by atoms with Gasteiger partial charge in [0.1, 0.15) is 5.17 Å². The Labute approximate surface area is 113 Å². The molecule has 0 spiro atoms. The Morgan fingerprint density at radius 1 is 0.882 bits per heavy atom. The first-order valence-electron chi connectivity index (χ1n) is 5.05. The fourth-order valence-corrected chi connectivity index (χ4v) is 3.32. The molecule has 3 rings (SSSR count). The molecule has 84 valence electrons. The summed E-state index contributed by atoms with van der Waals surface area (Å²) in [6.45, 7) is 0. The monoisotopic (exact) mass is 279 g/mol. The summed E-state index contributed by atoms with van der Waals surface area (Å²) in [6, 6.07) is 13.7. The molecule has 0 bridgehead atoms. The Bertz CT molecular complexity index is 623. The lowest BCUT2D eigenvalue weighted by Gasteiger charge is -2.04. The van der Waals surface area contributed by atoms with Crippen LogP contribution in [0.3, 0.4) is 0 Å². The highest BCUT2D eigenvalue weighted by molar-refractivity contribution is 7.99. The van der Waals surface area contributed by atoms with Gasteiger partial charge in [0.15, 0.2) is 0 Å². The fraction of sp³-hybridized carbons (Fsp3) is 0. The third kappa shape index (κ3) is 1.97. The van der Waals surface area contributed by atoms with Crippen molar-refractivity contribution in [3.63, 3.8) is 0 Å². The van der Waals surface area contributed by atoms with Gasteiger partial charge in [-0.05, 0) is 18.2 Å². The molecule has 0 N–H and O–H groups in total. The molecular formula is C13H7Cl2NS. The Kier molecular flexibility index (Phi) is 2.87. The third-order valence-electron chi connectivity index (χ3n) is 2.49. The van der Waals surface area contributed by atoms with Crippen LogP contribution >= 0.6 is 35.0 Å². The smallest absolute Gasteiger partial charge is 0.138 e. The molecule has 1 aliphatic heterocycles. The maximum Gasteiger partial charge on any atom is 0.138 e. The van der Waals surface area contributed by atoms with E-state index in [1.807, 2.05) is 42.5 Å². The average Bonchev–Trinajstić information content (AvgIpc) is 2.47. The molecule has 4 heteroatoms. The molecule has 1 heterocycles. The van der Waals surface area contributed by atoms with Gasteiger partial charge in [0.2, 0.25) is 0 Å². The number of halogens is 2. The molecule has 0 radical (unpaired) electrons. The topological polar surface area (TPSA) is 12.4 Å². The maximum atomic E-state index is 6.23. The van der Waals surface area contributed by atoms with Gasteiger partial charge in [0.05, 0.1) is 10.7 Å². The van der Waals surface area contributed by atoms with Gasteiger partial charge in [-0.15, -0.1) is 0 Å². The first-order valence-corrected chi connectivity index (χ1v) is 6.63. The van der Waals surface area contributed by atoms with Crippen molar-refractivity contribution in [2.45, 2.75) is 9.79 Å². The van der Waals surface area contributed by atoms with E-state index >= 15 is 0 Å². The zero-order chi connectivity index (χ0) is 11.8. The second-order valence-electron chi connectivity index (χ2n) is 3.59. The van der Waals surface area contributed by atoms with Gasteiger partial charge in [-0.3, -0.25) is 0 Å². The second kappa shape index (κ2) is 4.37. The van der Waals surface area contributed by atoms with Gasteiger partial charge >= 0.3 is 0 Å². The lowest BCUT2D eigenvalue weighted by molar-refractivity contribution is 1.38. The molecule has 0 saturated heterocycles. The zero-order valence-corrected chi connectivity index (χ0v) is 11.0. The Hall–Kier alpha value is -0.960. The van der Waals surface area contributed by atoms with Gasteiger partial charge in [-0.1, -0.05) is 59.2 Å². The van der Waals surface area contributed by atoms with E-state index in [4.69, 9.17) is 23.2 Å². The van der Waals surface area contributed by atoms with Crippen LogP contribution in [0.25, 0.3) is 0 Å². The minimum Gasteiger partial charge on any atom is -0.233 e. The Balaban J connectivity index is 2.28. The quantitative estimate of drug-likeness (QED) is 0.652. The lowest BCUT2D eigenvalue weighted by Crippen LogP contribution is -1.91. The Morgan fingerprint density at radius 3 is 2.53 bits per heavy atom. The van der Waals surface area contributed by atoms with E-state index in [2.05, 4.69) is 4.99 Å². The minimum absolute atomic E-state index is 0.486. The summed E-state index contributed by atoms with van der Waals surface area (Å²) in [5.74, 6) is 0. The number of hydrogen-bond acceptors (Lipinski definition) is 2. The van der Waals surface area contributed by atoms with Crippen LogP contribution in [0.2, 0.25) is 5.02 Å². The van der Waals surface area contributed by atoms with Crippen LogP contribution in [0.15, 0.2) is 57.2 Å². The molecule has 0 unspecified atom stereocenters.